The molecule has 0 nitrogen and oxygen atoms in total. The summed E-state index contributed by atoms with van der Waals surface area (Å²) in [6.45, 7) is 0. The van der Waals surface area contributed by atoms with Gasteiger partial charge in [-0.15, -0.1) is 0 Å². The van der Waals surface area contributed by atoms with Gasteiger partial charge in [0.2, 0.25) is 0 Å². The standard InChI is InChI=1S/C25H17F5P/c26-22-17-16-21(23(27)24(22)28)25(29,30)31(18-10-4-1-5-11-18,19-12-6-2-7-13-19)20-14-8-3-9-15-20/h1-17H/q+1. The van der Waals surface area contributed by atoms with Crippen LogP contribution in [0.5, 0.6) is 0 Å². The molecule has 0 aromatic heterocycles. The average Bonchev–Trinajstić information content (AvgIpc) is 2.80. The molecular weight excluding hydrogens is 426 g/mol. The predicted octanol–water partition coefficient (Wildman–Crippen LogP) is 6.15. The summed E-state index contributed by atoms with van der Waals surface area (Å²) >= 11 is 0. The van der Waals surface area contributed by atoms with Crippen LogP contribution >= 0.6 is 7.26 Å². The zero-order chi connectivity index (χ0) is 22.1. The van der Waals surface area contributed by atoms with Crippen LogP contribution < -0.4 is 15.9 Å². The molecule has 0 spiro atoms. The van der Waals surface area contributed by atoms with Crippen molar-refractivity contribution in [3.8, 4) is 0 Å². The molecule has 4 aromatic carbocycles. The summed E-state index contributed by atoms with van der Waals surface area (Å²) in [6.07, 6.45) is 0. The monoisotopic (exact) mass is 443 g/mol. The van der Waals surface area contributed by atoms with Crippen molar-refractivity contribution in [2.24, 2.45) is 0 Å². The van der Waals surface area contributed by atoms with Crippen molar-refractivity contribution >= 4 is 23.2 Å². The van der Waals surface area contributed by atoms with Crippen LogP contribution in [0.2, 0.25) is 0 Å². The first kappa shape index (κ1) is 21.2. The van der Waals surface area contributed by atoms with Crippen molar-refractivity contribution < 1.29 is 22.0 Å². The van der Waals surface area contributed by atoms with Gasteiger partial charge in [0.25, 0.3) is 0 Å². The van der Waals surface area contributed by atoms with E-state index in [2.05, 4.69) is 0 Å². The van der Waals surface area contributed by atoms with Gasteiger partial charge in [0.1, 0.15) is 21.5 Å². The summed E-state index contributed by atoms with van der Waals surface area (Å²) in [4.78, 5) is 0. The Morgan fingerprint density at radius 2 is 0.871 bits per heavy atom. The highest BCUT2D eigenvalue weighted by Crippen LogP contribution is 2.72. The second kappa shape index (κ2) is 8.24. The Kier molecular flexibility index (Phi) is 5.63. The van der Waals surface area contributed by atoms with E-state index in [1.165, 1.54) is 0 Å². The second-order valence-corrected chi connectivity index (χ2v) is 10.4. The van der Waals surface area contributed by atoms with Crippen molar-refractivity contribution in [2.75, 3.05) is 0 Å². The van der Waals surface area contributed by atoms with Crippen molar-refractivity contribution in [3.63, 3.8) is 0 Å². The summed E-state index contributed by atoms with van der Waals surface area (Å²) in [5.74, 6) is -5.30. The lowest BCUT2D eigenvalue weighted by molar-refractivity contribution is 0.0912. The minimum absolute atomic E-state index is 0.293. The van der Waals surface area contributed by atoms with E-state index < -0.39 is 35.9 Å². The van der Waals surface area contributed by atoms with Gasteiger partial charge in [-0.05, 0) is 48.5 Å². The Morgan fingerprint density at radius 1 is 0.484 bits per heavy atom. The summed E-state index contributed by atoms with van der Waals surface area (Å²) in [6, 6.07) is 25.5. The third kappa shape index (κ3) is 3.34. The van der Waals surface area contributed by atoms with Crippen LogP contribution in [0.15, 0.2) is 103 Å². The molecule has 31 heavy (non-hydrogen) atoms. The molecule has 0 unspecified atom stereocenters. The van der Waals surface area contributed by atoms with Crippen molar-refractivity contribution in [1.82, 2.24) is 0 Å². The molecule has 0 aliphatic carbocycles. The SMILES string of the molecule is Fc1ccc(C(F)(F)[P+](c2ccccc2)(c2ccccc2)c2ccccc2)c(F)c1F. The summed E-state index contributed by atoms with van der Waals surface area (Å²) in [5, 5.41) is 0.879. The van der Waals surface area contributed by atoms with E-state index in [4.69, 9.17) is 0 Å². The highest BCUT2D eigenvalue weighted by atomic mass is 31.2. The summed E-state index contributed by atoms with van der Waals surface area (Å²) in [5.41, 5.74) is -5.05. The highest BCUT2D eigenvalue weighted by Gasteiger charge is 2.67. The first-order valence-corrected chi connectivity index (χ1v) is 11.3. The van der Waals surface area contributed by atoms with Gasteiger partial charge >= 0.3 is 5.66 Å². The van der Waals surface area contributed by atoms with E-state index in [-0.39, 0.29) is 0 Å². The van der Waals surface area contributed by atoms with Gasteiger partial charge in [-0.1, -0.05) is 54.6 Å². The molecule has 0 fully saturated rings. The highest BCUT2D eigenvalue weighted by molar-refractivity contribution is 7.96. The first-order chi connectivity index (χ1) is 14.9. The lowest BCUT2D eigenvalue weighted by atomic mass is 10.2. The normalized spacial score (nSPS) is 12.0. The van der Waals surface area contributed by atoms with Crippen LogP contribution in [0.1, 0.15) is 5.56 Å². The number of benzene rings is 4. The van der Waals surface area contributed by atoms with Crippen molar-refractivity contribution in [1.29, 1.82) is 0 Å². The zero-order valence-corrected chi connectivity index (χ0v) is 17.0. The molecule has 156 valence electrons. The molecule has 0 N–H and O–H groups in total. The number of alkyl halides is 2. The maximum atomic E-state index is 16.6. The molecule has 0 amide bonds. The molecule has 6 heteroatoms. The number of hydrogen-bond acceptors (Lipinski definition) is 0. The smallest absolute Gasteiger partial charge is 0.204 e. The van der Waals surface area contributed by atoms with Crippen LogP contribution in [0.25, 0.3) is 0 Å². The molecule has 0 saturated carbocycles. The Morgan fingerprint density at radius 3 is 1.26 bits per heavy atom. The third-order valence-corrected chi connectivity index (χ3v) is 9.51. The number of rotatable bonds is 5. The Balaban J connectivity index is 2.16. The van der Waals surface area contributed by atoms with E-state index >= 15 is 8.78 Å². The lowest BCUT2D eigenvalue weighted by Gasteiger charge is -2.34. The Bertz CT molecular complexity index is 1080. The van der Waals surface area contributed by atoms with Crippen LogP contribution in [0.3, 0.4) is 0 Å². The van der Waals surface area contributed by atoms with Gasteiger partial charge < -0.3 is 0 Å². The van der Waals surface area contributed by atoms with E-state index in [1.54, 1.807) is 91.0 Å². The largest absolute Gasteiger partial charge is 0.396 e. The maximum Gasteiger partial charge on any atom is 0.396 e. The fourth-order valence-corrected chi connectivity index (χ4v) is 8.09. The molecule has 0 radical (unpaired) electrons. The maximum absolute atomic E-state index is 16.6. The summed E-state index contributed by atoms with van der Waals surface area (Å²) < 4.78 is 75.6. The first-order valence-electron chi connectivity index (χ1n) is 9.48. The van der Waals surface area contributed by atoms with Gasteiger partial charge in [-0.25, -0.2) is 13.2 Å². The van der Waals surface area contributed by atoms with Crippen molar-refractivity contribution in [2.45, 2.75) is 5.66 Å². The zero-order valence-electron chi connectivity index (χ0n) is 16.2. The summed E-state index contributed by atoms with van der Waals surface area (Å²) in [7, 11) is -3.90. The van der Waals surface area contributed by atoms with E-state index in [0.717, 1.165) is 0 Å². The van der Waals surface area contributed by atoms with Crippen molar-refractivity contribution in [3.05, 3.63) is 126 Å². The van der Waals surface area contributed by atoms with Gasteiger partial charge in [0, 0.05) is 0 Å². The van der Waals surface area contributed by atoms with Gasteiger partial charge in [0.05, 0.1) is 0 Å². The minimum atomic E-state index is -3.90. The number of halogens is 5. The molecule has 0 heterocycles. The van der Waals surface area contributed by atoms with Crippen LogP contribution in [-0.2, 0) is 5.66 Å². The molecule has 0 aliphatic heterocycles. The van der Waals surface area contributed by atoms with Crippen LogP contribution in [-0.4, -0.2) is 0 Å². The van der Waals surface area contributed by atoms with Gasteiger partial charge in [0.15, 0.2) is 24.7 Å². The van der Waals surface area contributed by atoms with Crippen LogP contribution in [0, 0.1) is 17.5 Å². The fraction of sp³-hybridized carbons (Fsp3) is 0.0400. The molecule has 0 saturated heterocycles. The van der Waals surface area contributed by atoms with E-state index in [9.17, 15) is 13.2 Å². The molecule has 0 bridgehead atoms. The lowest BCUT2D eigenvalue weighted by Crippen LogP contribution is -2.41. The van der Waals surface area contributed by atoms with Crippen LogP contribution in [0.4, 0.5) is 22.0 Å². The van der Waals surface area contributed by atoms with E-state index in [1.807, 2.05) is 0 Å². The topological polar surface area (TPSA) is 0 Å². The Hall–Kier alpha value is -3.04. The predicted molar refractivity (Wildman–Crippen MR) is 115 cm³/mol. The minimum Gasteiger partial charge on any atom is -0.204 e. The molecule has 4 aromatic rings. The molecule has 0 aliphatic rings. The molecule has 4 rings (SSSR count). The average molecular weight is 443 g/mol. The fourth-order valence-electron chi connectivity index (χ4n) is 3.83. The van der Waals surface area contributed by atoms with Gasteiger partial charge in [-0.3, -0.25) is 0 Å². The van der Waals surface area contributed by atoms with E-state index in [0.29, 0.717) is 28.0 Å². The number of hydrogen-bond donors (Lipinski definition) is 0. The Labute approximate surface area is 177 Å². The molecular formula is C25H17F5P+. The van der Waals surface area contributed by atoms with Gasteiger partial charge in [-0.2, -0.15) is 8.78 Å². The second-order valence-electron chi connectivity index (χ2n) is 6.94. The third-order valence-electron chi connectivity index (χ3n) is 5.21. The quantitative estimate of drug-likeness (QED) is 0.197. The molecule has 0 atom stereocenters.